The highest BCUT2D eigenvalue weighted by Gasteiger charge is 2.22. The molecule has 0 saturated carbocycles. The van der Waals surface area contributed by atoms with Gasteiger partial charge in [-0.1, -0.05) is 0 Å². The summed E-state index contributed by atoms with van der Waals surface area (Å²) in [7, 11) is 3.81. The van der Waals surface area contributed by atoms with Crippen molar-refractivity contribution in [3.05, 3.63) is 23.3 Å². The van der Waals surface area contributed by atoms with Gasteiger partial charge in [0.2, 0.25) is 0 Å². The minimum atomic E-state index is 0.664. The van der Waals surface area contributed by atoms with E-state index in [1.165, 1.54) is 16.8 Å². The third-order valence-corrected chi connectivity index (χ3v) is 3.37. The standard InChI is InChI=1S/C14H20NO2/c1-5-17-14-8-11-6-7-15(3)10(2)12(11)9-13(14)16-4/h8-9H,5-7H2,1-4H3/q+1. The van der Waals surface area contributed by atoms with Crippen LogP contribution < -0.4 is 9.47 Å². The Bertz CT molecular complexity index is 464. The van der Waals surface area contributed by atoms with E-state index in [2.05, 4.69) is 30.7 Å². The molecule has 0 saturated heterocycles. The molecule has 1 aromatic carbocycles. The van der Waals surface area contributed by atoms with Crippen LogP contribution >= 0.6 is 0 Å². The Labute approximate surface area is 103 Å². The maximum absolute atomic E-state index is 5.61. The maximum atomic E-state index is 5.61. The minimum absolute atomic E-state index is 0.664. The number of fused-ring (bicyclic) bond motifs is 1. The van der Waals surface area contributed by atoms with Crippen molar-refractivity contribution < 1.29 is 14.0 Å². The number of nitrogens with zero attached hydrogens (tertiary/aromatic N) is 1. The molecule has 17 heavy (non-hydrogen) atoms. The predicted molar refractivity (Wildman–Crippen MR) is 68.7 cm³/mol. The van der Waals surface area contributed by atoms with Gasteiger partial charge in [0.25, 0.3) is 0 Å². The summed E-state index contributed by atoms with van der Waals surface area (Å²) in [4.78, 5) is 0. The number of ether oxygens (including phenoxy) is 2. The fourth-order valence-corrected chi connectivity index (χ4v) is 2.23. The number of hydrogen-bond donors (Lipinski definition) is 0. The second-order valence-corrected chi connectivity index (χ2v) is 4.35. The zero-order chi connectivity index (χ0) is 12.4. The fourth-order valence-electron chi connectivity index (χ4n) is 2.23. The molecular weight excluding hydrogens is 214 g/mol. The van der Waals surface area contributed by atoms with E-state index in [-0.39, 0.29) is 0 Å². The topological polar surface area (TPSA) is 21.5 Å². The molecule has 1 aliphatic heterocycles. The van der Waals surface area contributed by atoms with Crippen LogP contribution in [0.1, 0.15) is 25.0 Å². The number of likely N-dealkylation sites (N-methyl/N-ethyl adjacent to an activating group) is 1. The molecule has 0 spiro atoms. The van der Waals surface area contributed by atoms with Crippen molar-refractivity contribution in [1.29, 1.82) is 0 Å². The van der Waals surface area contributed by atoms with Crippen LogP contribution in [-0.4, -0.2) is 37.6 Å². The summed E-state index contributed by atoms with van der Waals surface area (Å²) in [5, 5.41) is 0. The lowest BCUT2D eigenvalue weighted by Gasteiger charge is -2.18. The molecule has 92 valence electrons. The number of hydrogen-bond acceptors (Lipinski definition) is 2. The summed E-state index contributed by atoms with van der Waals surface area (Å²) in [6, 6.07) is 4.21. The van der Waals surface area contributed by atoms with Gasteiger partial charge in [0.15, 0.2) is 17.2 Å². The second kappa shape index (κ2) is 4.78. The third-order valence-electron chi connectivity index (χ3n) is 3.37. The third kappa shape index (κ3) is 2.14. The monoisotopic (exact) mass is 234 g/mol. The summed E-state index contributed by atoms with van der Waals surface area (Å²) < 4.78 is 13.3. The van der Waals surface area contributed by atoms with Gasteiger partial charge in [0.1, 0.15) is 13.6 Å². The Kier molecular flexibility index (Phi) is 3.36. The van der Waals surface area contributed by atoms with Crippen LogP contribution in [0.25, 0.3) is 0 Å². The van der Waals surface area contributed by atoms with E-state index < -0.39 is 0 Å². The van der Waals surface area contributed by atoms with Crippen molar-refractivity contribution >= 4 is 5.71 Å². The molecule has 3 nitrogen and oxygen atoms in total. The van der Waals surface area contributed by atoms with E-state index in [4.69, 9.17) is 9.47 Å². The Morgan fingerprint density at radius 2 is 2.06 bits per heavy atom. The molecule has 1 aromatic rings. The van der Waals surface area contributed by atoms with Gasteiger partial charge >= 0.3 is 0 Å². The van der Waals surface area contributed by atoms with Crippen LogP contribution in [0.15, 0.2) is 12.1 Å². The van der Waals surface area contributed by atoms with Crippen LogP contribution in [-0.2, 0) is 6.42 Å². The molecule has 0 aliphatic carbocycles. The largest absolute Gasteiger partial charge is 0.493 e. The first-order valence-electron chi connectivity index (χ1n) is 6.06. The Balaban J connectivity index is 2.52. The van der Waals surface area contributed by atoms with Crippen LogP contribution in [0.3, 0.4) is 0 Å². The van der Waals surface area contributed by atoms with Gasteiger partial charge in [-0.15, -0.1) is 0 Å². The molecule has 1 heterocycles. The van der Waals surface area contributed by atoms with Crippen molar-refractivity contribution in [2.45, 2.75) is 20.3 Å². The molecule has 0 amide bonds. The average Bonchev–Trinajstić information content (AvgIpc) is 2.34. The van der Waals surface area contributed by atoms with Gasteiger partial charge in [-0.2, -0.15) is 0 Å². The lowest BCUT2D eigenvalue weighted by molar-refractivity contribution is -0.498. The summed E-state index contributed by atoms with van der Waals surface area (Å²) in [5.41, 5.74) is 3.93. The molecule has 0 bridgehead atoms. The van der Waals surface area contributed by atoms with Gasteiger partial charge in [-0.25, -0.2) is 4.58 Å². The van der Waals surface area contributed by atoms with Crippen molar-refractivity contribution in [3.63, 3.8) is 0 Å². The van der Waals surface area contributed by atoms with Gasteiger partial charge in [0.05, 0.1) is 13.7 Å². The van der Waals surface area contributed by atoms with E-state index in [0.29, 0.717) is 6.61 Å². The van der Waals surface area contributed by atoms with Gasteiger partial charge in [-0.05, 0) is 24.6 Å². The zero-order valence-corrected chi connectivity index (χ0v) is 11.0. The normalized spacial score (nSPS) is 14.6. The van der Waals surface area contributed by atoms with Crippen molar-refractivity contribution in [2.24, 2.45) is 0 Å². The molecule has 0 fully saturated rings. The Morgan fingerprint density at radius 3 is 2.71 bits per heavy atom. The van der Waals surface area contributed by atoms with Crippen molar-refractivity contribution in [3.8, 4) is 11.5 Å². The Hall–Kier alpha value is -1.51. The molecule has 0 N–H and O–H groups in total. The zero-order valence-electron chi connectivity index (χ0n) is 11.0. The Morgan fingerprint density at radius 1 is 1.29 bits per heavy atom. The predicted octanol–water partition coefficient (Wildman–Crippen LogP) is 2.10. The van der Waals surface area contributed by atoms with Crippen LogP contribution in [0, 0.1) is 0 Å². The molecule has 1 aliphatic rings. The quantitative estimate of drug-likeness (QED) is 0.747. The van der Waals surface area contributed by atoms with Crippen molar-refractivity contribution in [1.82, 2.24) is 0 Å². The molecule has 0 radical (unpaired) electrons. The highest BCUT2D eigenvalue weighted by atomic mass is 16.5. The lowest BCUT2D eigenvalue weighted by atomic mass is 9.97. The summed E-state index contributed by atoms with van der Waals surface area (Å²) in [6.07, 6.45) is 1.06. The summed E-state index contributed by atoms with van der Waals surface area (Å²) in [6.45, 7) is 5.87. The van der Waals surface area contributed by atoms with E-state index in [9.17, 15) is 0 Å². The molecular formula is C14H20NO2+. The van der Waals surface area contributed by atoms with Crippen LogP contribution in [0.2, 0.25) is 0 Å². The highest BCUT2D eigenvalue weighted by molar-refractivity contribution is 5.97. The molecule has 0 aromatic heterocycles. The van der Waals surface area contributed by atoms with E-state index in [1.807, 2.05) is 6.92 Å². The first-order chi connectivity index (χ1) is 8.17. The van der Waals surface area contributed by atoms with E-state index in [1.54, 1.807) is 7.11 Å². The molecule has 0 atom stereocenters. The first kappa shape index (κ1) is 12.0. The van der Waals surface area contributed by atoms with E-state index >= 15 is 0 Å². The van der Waals surface area contributed by atoms with Gasteiger partial charge < -0.3 is 9.47 Å². The van der Waals surface area contributed by atoms with Gasteiger partial charge in [-0.3, -0.25) is 0 Å². The number of methoxy groups -OCH3 is 1. The number of benzene rings is 1. The first-order valence-corrected chi connectivity index (χ1v) is 6.06. The number of rotatable bonds is 3. The summed E-state index contributed by atoms with van der Waals surface area (Å²) >= 11 is 0. The highest BCUT2D eigenvalue weighted by Crippen LogP contribution is 2.32. The van der Waals surface area contributed by atoms with Crippen molar-refractivity contribution in [2.75, 3.05) is 27.3 Å². The van der Waals surface area contributed by atoms with Crippen LogP contribution in [0.5, 0.6) is 11.5 Å². The summed E-state index contributed by atoms with van der Waals surface area (Å²) in [5.74, 6) is 1.67. The fraction of sp³-hybridized carbons (Fsp3) is 0.500. The van der Waals surface area contributed by atoms with Gasteiger partial charge in [0, 0.05) is 18.9 Å². The minimum Gasteiger partial charge on any atom is -0.493 e. The molecule has 3 heteroatoms. The van der Waals surface area contributed by atoms with E-state index in [0.717, 1.165) is 24.5 Å². The molecule has 0 unspecified atom stereocenters. The SMILES string of the molecule is CCOc1cc2c(cc1OC)C(C)=[N+](C)CC2. The average molecular weight is 234 g/mol. The maximum Gasteiger partial charge on any atom is 0.180 e. The smallest absolute Gasteiger partial charge is 0.180 e. The second-order valence-electron chi connectivity index (χ2n) is 4.35. The lowest BCUT2D eigenvalue weighted by Crippen LogP contribution is -2.25. The van der Waals surface area contributed by atoms with Crippen LogP contribution in [0.4, 0.5) is 0 Å². The molecule has 2 rings (SSSR count).